The van der Waals surface area contributed by atoms with Gasteiger partial charge in [0.25, 0.3) is 0 Å². The maximum Gasteiger partial charge on any atom is 0.306 e. The average molecular weight is 1160 g/mol. The second-order valence-corrected chi connectivity index (χ2v) is 23.7. The van der Waals surface area contributed by atoms with Crippen molar-refractivity contribution in [1.29, 1.82) is 0 Å². The number of carbonyl (C=O) groups excluding carboxylic acids is 3. The molecular weight excluding hydrogens is 1020 g/mol. The highest BCUT2D eigenvalue weighted by atomic mass is 16.6. The van der Waals surface area contributed by atoms with E-state index < -0.39 is 6.10 Å². The van der Waals surface area contributed by atoms with Crippen molar-refractivity contribution in [2.24, 2.45) is 0 Å². The summed E-state index contributed by atoms with van der Waals surface area (Å²) in [6, 6.07) is 0. The molecule has 0 spiro atoms. The highest BCUT2D eigenvalue weighted by Gasteiger charge is 2.19. The molecule has 6 nitrogen and oxygen atoms in total. The van der Waals surface area contributed by atoms with Crippen LogP contribution in [0.2, 0.25) is 0 Å². The summed E-state index contributed by atoms with van der Waals surface area (Å²) in [6.07, 6.45) is 95.8. The molecule has 6 heteroatoms. The Balaban J connectivity index is 4.31. The van der Waals surface area contributed by atoms with Gasteiger partial charge in [-0.05, 0) is 96.3 Å². The Labute approximate surface area is 515 Å². The third-order valence-electron chi connectivity index (χ3n) is 15.6. The molecule has 83 heavy (non-hydrogen) atoms. The van der Waals surface area contributed by atoms with Crippen LogP contribution in [0.4, 0.5) is 0 Å². The van der Waals surface area contributed by atoms with Gasteiger partial charge >= 0.3 is 17.9 Å². The van der Waals surface area contributed by atoms with Crippen molar-refractivity contribution in [1.82, 2.24) is 0 Å². The standard InChI is InChI=1S/C77H134O6/c1-4-7-10-13-16-19-22-25-28-30-32-34-36-37-38-39-41-42-44-46-49-52-55-58-61-64-67-70-76(79)82-73-74(72-81-75(78)69-66-63-60-57-54-51-48-27-24-21-18-15-12-9-6-3)83-77(80)71-68-65-62-59-56-53-50-47-45-43-40-35-33-31-29-26-23-20-17-14-11-8-5-2/h7,9-10,12,16,18-19,21,25,27-28,32,34,37-38,48,74H,4-6,8,11,13-15,17,20,22-24,26,29-31,33,35-36,39-47,49-73H2,1-3H3/b10-7-,12-9-,19-16-,21-18-,28-25-,34-32-,38-37-,48-27-. The van der Waals surface area contributed by atoms with Gasteiger partial charge in [-0.25, -0.2) is 0 Å². The number of esters is 3. The third-order valence-corrected chi connectivity index (χ3v) is 15.6. The van der Waals surface area contributed by atoms with Crippen molar-refractivity contribution in [2.75, 3.05) is 13.2 Å². The predicted molar refractivity (Wildman–Crippen MR) is 362 cm³/mol. The van der Waals surface area contributed by atoms with Gasteiger partial charge in [-0.2, -0.15) is 0 Å². The van der Waals surface area contributed by atoms with Gasteiger partial charge < -0.3 is 14.2 Å². The average Bonchev–Trinajstić information content (AvgIpc) is 3.49. The van der Waals surface area contributed by atoms with E-state index in [9.17, 15) is 14.4 Å². The Kier molecular flexibility index (Phi) is 67.7. The molecule has 1 atom stereocenters. The number of unbranched alkanes of at least 4 members (excludes halogenated alkanes) is 38. The van der Waals surface area contributed by atoms with Gasteiger partial charge in [-0.1, -0.05) is 336 Å². The molecule has 0 aromatic rings. The predicted octanol–water partition coefficient (Wildman–Crippen LogP) is 24.8. The second kappa shape index (κ2) is 70.8. The first-order valence-electron chi connectivity index (χ1n) is 35.7. The Morgan fingerprint density at radius 1 is 0.253 bits per heavy atom. The summed E-state index contributed by atoms with van der Waals surface area (Å²) in [5.74, 6) is -0.883. The van der Waals surface area contributed by atoms with Crippen LogP contribution in [0.3, 0.4) is 0 Å². The van der Waals surface area contributed by atoms with Crippen molar-refractivity contribution >= 4 is 17.9 Å². The molecule has 0 saturated heterocycles. The van der Waals surface area contributed by atoms with Gasteiger partial charge in [0.15, 0.2) is 6.10 Å². The van der Waals surface area contributed by atoms with Crippen molar-refractivity contribution in [3.8, 4) is 0 Å². The molecular formula is C77H134O6. The molecule has 1 unspecified atom stereocenters. The first-order valence-corrected chi connectivity index (χ1v) is 35.7. The minimum Gasteiger partial charge on any atom is -0.462 e. The van der Waals surface area contributed by atoms with E-state index in [0.717, 1.165) is 128 Å². The Hall–Kier alpha value is -3.67. The molecule has 0 aliphatic carbocycles. The van der Waals surface area contributed by atoms with Crippen LogP contribution in [0.15, 0.2) is 97.2 Å². The number of ether oxygens (including phenoxy) is 3. The van der Waals surface area contributed by atoms with Crippen LogP contribution in [0.5, 0.6) is 0 Å². The van der Waals surface area contributed by atoms with E-state index in [4.69, 9.17) is 14.2 Å². The second-order valence-electron chi connectivity index (χ2n) is 23.7. The minimum absolute atomic E-state index is 0.0817. The Bertz CT molecular complexity index is 1610. The monoisotopic (exact) mass is 1160 g/mol. The highest BCUT2D eigenvalue weighted by Crippen LogP contribution is 2.18. The normalized spacial score (nSPS) is 12.7. The quantitative estimate of drug-likeness (QED) is 0.0261. The van der Waals surface area contributed by atoms with E-state index in [1.165, 1.54) is 186 Å². The zero-order valence-electron chi connectivity index (χ0n) is 54.9. The zero-order valence-corrected chi connectivity index (χ0v) is 54.9. The molecule has 0 aliphatic heterocycles. The fourth-order valence-electron chi connectivity index (χ4n) is 10.3. The van der Waals surface area contributed by atoms with E-state index >= 15 is 0 Å². The lowest BCUT2D eigenvalue weighted by molar-refractivity contribution is -0.167. The molecule has 0 bridgehead atoms. The summed E-state index contributed by atoms with van der Waals surface area (Å²) in [5.41, 5.74) is 0. The maximum atomic E-state index is 13.0. The fourth-order valence-corrected chi connectivity index (χ4v) is 10.3. The van der Waals surface area contributed by atoms with Gasteiger partial charge in [0.05, 0.1) is 0 Å². The van der Waals surface area contributed by atoms with Crippen LogP contribution in [0, 0.1) is 0 Å². The molecule has 0 amide bonds. The Morgan fingerprint density at radius 2 is 0.470 bits per heavy atom. The molecule has 0 aliphatic rings. The lowest BCUT2D eigenvalue weighted by Gasteiger charge is -2.18. The summed E-state index contributed by atoms with van der Waals surface area (Å²) in [4.78, 5) is 38.5. The van der Waals surface area contributed by atoms with Crippen LogP contribution in [-0.4, -0.2) is 37.2 Å². The van der Waals surface area contributed by atoms with Gasteiger partial charge in [-0.3, -0.25) is 14.4 Å². The Morgan fingerprint density at radius 3 is 0.735 bits per heavy atom. The summed E-state index contributed by atoms with van der Waals surface area (Å²) < 4.78 is 17.0. The van der Waals surface area contributed by atoms with E-state index in [1.54, 1.807) is 0 Å². The van der Waals surface area contributed by atoms with Crippen molar-refractivity contribution in [3.63, 3.8) is 0 Å². The fraction of sp³-hybridized carbons (Fsp3) is 0.753. The largest absolute Gasteiger partial charge is 0.462 e. The topological polar surface area (TPSA) is 78.9 Å². The summed E-state index contributed by atoms with van der Waals surface area (Å²) in [5, 5.41) is 0. The van der Waals surface area contributed by atoms with Crippen LogP contribution < -0.4 is 0 Å². The van der Waals surface area contributed by atoms with Crippen molar-refractivity contribution in [3.05, 3.63) is 97.2 Å². The SMILES string of the molecule is CC/C=C\C/C=C\C/C=C\C/C=C\C/C=C\CCCCCCCCCCCCCC(=O)OCC(COC(=O)CCCCCCC/C=C\C/C=C\C/C=C\CC)OC(=O)CCCCCCCCCCCCCCCCCCCCCCCCC. The molecule has 0 saturated carbocycles. The number of rotatable bonds is 65. The molecule has 0 aromatic heterocycles. The number of hydrogen-bond acceptors (Lipinski definition) is 6. The summed E-state index contributed by atoms with van der Waals surface area (Å²) in [6.45, 7) is 6.45. The molecule has 0 radical (unpaired) electrons. The van der Waals surface area contributed by atoms with Crippen LogP contribution in [0.25, 0.3) is 0 Å². The molecule has 0 heterocycles. The number of hydrogen-bond donors (Lipinski definition) is 0. The molecule has 0 fully saturated rings. The summed E-state index contributed by atoms with van der Waals surface area (Å²) >= 11 is 0. The number of allylic oxidation sites excluding steroid dienone is 16. The van der Waals surface area contributed by atoms with Crippen molar-refractivity contribution in [2.45, 2.75) is 361 Å². The molecule has 478 valence electrons. The molecule has 0 aromatic carbocycles. The van der Waals surface area contributed by atoms with Crippen LogP contribution >= 0.6 is 0 Å². The number of carbonyl (C=O) groups is 3. The van der Waals surface area contributed by atoms with Crippen molar-refractivity contribution < 1.29 is 28.6 Å². The van der Waals surface area contributed by atoms with Gasteiger partial charge in [-0.15, -0.1) is 0 Å². The van der Waals surface area contributed by atoms with E-state index in [-0.39, 0.29) is 31.1 Å². The van der Waals surface area contributed by atoms with E-state index in [1.807, 2.05) is 0 Å². The van der Waals surface area contributed by atoms with Crippen LogP contribution in [0.1, 0.15) is 355 Å². The first-order chi connectivity index (χ1) is 41.0. The van der Waals surface area contributed by atoms with E-state index in [0.29, 0.717) is 19.3 Å². The zero-order chi connectivity index (χ0) is 59.9. The van der Waals surface area contributed by atoms with E-state index in [2.05, 4.69) is 118 Å². The lowest BCUT2D eigenvalue weighted by atomic mass is 10.0. The minimum atomic E-state index is -0.787. The van der Waals surface area contributed by atoms with Gasteiger partial charge in [0, 0.05) is 19.3 Å². The van der Waals surface area contributed by atoms with Gasteiger partial charge in [0.1, 0.15) is 13.2 Å². The highest BCUT2D eigenvalue weighted by molar-refractivity contribution is 5.71. The first kappa shape index (κ1) is 79.3. The molecule has 0 rings (SSSR count). The smallest absolute Gasteiger partial charge is 0.306 e. The lowest BCUT2D eigenvalue weighted by Crippen LogP contribution is -2.30. The molecule has 0 N–H and O–H groups in total. The van der Waals surface area contributed by atoms with Gasteiger partial charge in [0.2, 0.25) is 0 Å². The maximum absolute atomic E-state index is 13.0. The van der Waals surface area contributed by atoms with Crippen LogP contribution in [-0.2, 0) is 28.6 Å². The summed E-state index contributed by atoms with van der Waals surface area (Å²) in [7, 11) is 0. The third kappa shape index (κ3) is 69.0.